The summed E-state index contributed by atoms with van der Waals surface area (Å²) in [5.41, 5.74) is 7.29. The van der Waals surface area contributed by atoms with Gasteiger partial charge in [0.1, 0.15) is 0 Å². The van der Waals surface area contributed by atoms with Crippen LogP contribution in [0.2, 0.25) is 0 Å². The van der Waals surface area contributed by atoms with Crippen molar-refractivity contribution in [3.05, 3.63) is 34.3 Å². The van der Waals surface area contributed by atoms with Gasteiger partial charge in [-0.2, -0.15) is 0 Å². The monoisotopic (exact) mass is 313 g/mol. The Morgan fingerprint density at radius 3 is 2.41 bits per heavy atom. The van der Waals surface area contributed by atoms with Crippen LogP contribution in [-0.2, 0) is 0 Å². The first-order valence-electron chi connectivity index (χ1n) is 6.40. The van der Waals surface area contributed by atoms with Gasteiger partial charge in [0, 0.05) is 21.5 Å². The Kier molecular flexibility index (Phi) is 5.39. The normalized spacial score (nSPS) is 19.2. The van der Waals surface area contributed by atoms with Crippen molar-refractivity contribution >= 4 is 27.7 Å². The van der Waals surface area contributed by atoms with Crippen LogP contribution in [0.3, 0.4) is 0 Å². The van der Waals surface area contributed by atoms with E-state index in [1.165, 1.54) is 37.7 Å². The lowest BCUT2D eigenvalue weighted by molar-refractivity contribution is 0.515. The number of rotatable bonds is 4. The standard InChI is InChI=1S/C14H20BrNS/c15-12-8-6-11(7-9-12)14(10-16)17-13-4-2-1-3-5-13/h6-9,13-14H,1-5,10,16H2. The van der Waals surface area contributed by atoms with E-state index in [2.05, 4.69) is 52.0 Å². The summed E-state index contributed by atoms with van der Waals surface area (Å²) in [6, 6.07) is 8.60. The molecule has 0 heterocycles. The summed E-state index contributed by atoms with van der Waals surface area (Å²) in [5, 5.41) is 1.28. The average Bonchev–Trinajstić information content (AvgIpc) is 2.38. The predicted molar refractivity (Wildman–Crippen MR) is 80.4 cm³/mol. The molecule has 1 nitrogen and oxygen atoms in total. The minimum absolute atomic E-state index is 0.464. The molecule has 0 amide bonds. The maximum absolute atomic E-state index is 5.93. The van der Waals surface area contributed by atoms with Gasteiger partial charge in [0.25, 0.3) is 0 Å². The van der Waals surface area contributed by atoms with E-state index < -0.39 is 0 Å². The smallest absolute Gasteiger partial charge is 0.0422 e. The molecule has 1 aromatic carbocycles. The largest absolute Gasteiger partial charge is 0.329 e. The maximum atomic E-state index is 5.93. The lowest BCUT2D eigenvalue weighted by atomic mass is 10.0. The minimum Gasteiger partial charge on any atom is -0.329 e. The summed E-state index contributed by atoms with van der Waals surface area (Å²) in [6.45, 7) is 0.739. The van der Waals surface area contributed by atoms with Crippen molar-refractivity contribution in [3.8, 4) is 0 Å². The van der Waals surface area contributed by atoms with Crippen LogP contribution in [0.15, 0.2) is 28.7 Å². The zero-order valence-corrected chi connectivity index (χ0v) is 12.5. The van der Waals surface area contributed by atoms with Crippen LogP contribution in [0.5, 0.6) is 0 Å². The van der Waals surface area contributed by atoms with Crippen molar-refractivity contribution in [1.29, 1.82) is 0 Å². The van der Waals surface area contributed by atoms with Crippen LogP contribution < -0.4 is 5.73 Å². The third-order valence-corrected chi connectivity index (χ3v) is 5.54. The van der Waals surface area contributed by atoms with Gasteiger partial charge in [-0.1, -0.05) is 47.3 Å². The van der Waals surface area contributed by atoms with Crippen molar-refractivity contribution < 1.29 is 0 Å². The fourth-order valence-electron chi connectivity index (χ4n) is 2.38. The summed E-state index contributed by atoms with van der Waals surface area (Å²) in [6.07, 6.45) is 6.96. The third kappa shape index (κ3) is 4.01. The maximum Gasteiger partial charge on any atom is 0.0422 e. The second-order valence-corrected chi connectivity index (χ2v) is 7.10. The lowest BCUT2D eigenvalue weighted by Crippen LogP contribution is -2.16. The Labute approximate surface area is 117 Å². The average molecular weight is 314 g/mol. The summed E-state index contributed by atoms with van der Waals surface area (Å²) in [4.78, 5) is 0. The van der Waals surface area contributed by atoms with Crippen molar-refractivity contribution in [3.63, 3.8) is 0 Å². The molecular weight excluding hydrogens is 294 g/mol. The van der Waals surface area contributed by atoms with Crippen molar-refractivity contribution in [2.24, 2.45) is 5.73 Å². The molecule has 0 aliphatic heterocycles. The first-order chi connectivity index (χ1) is 8.29. The van der Waals surface area contributed by atoms with Gasteiger partial charge >= 0.3 is 0 Å². The molecule has 1 unspecified atom stereocenters. The second kappa shape index (κ2) is 6.81. The molecule has 3 heteroatoms. The Morgan fingerprint density at radius 1 is 1.18 bits per heavy atom. The van der Waals surface area contributed by atoms with Crippen molar-refractivity contribution in [2.75, 3.05) is 6.54 Å². The van der Waals surface area contributed by atoms with Crippen molar-refractivity contribution in [1.82, 2.24) is 0 Å². The van der Waals surface area contributed by atoms with E-state index >= 15 is 0 Å². The summed E-state index contributed by atoms with van der Waals surface area (Å²) < 4.78 is 1.14. The number of hydrogen-bond donors (Lipinski definition) is 1. The van der Waals surface area contributed by atoms with Crippen LogP contribution >= 0.6 is 27.7 Å². The highest BCUT2D eigenvalue weighted by Crippen LogP contribution is 2.38. The molecule has 2 N–H and O–H groups in total. The van der Waals surface area contributed by atoms with Crippen LogP contribution in [0.1, 0.15) is 42.9 Å². The lowest BCUT2D eigenvalue weighted by Gasteiger charge is -2.25. The SMILES string of the molecule is NCC(SC1CCCCC1)c1ccc(Br)cc1. The Hall–Kier alpha value is 0.01000. The number of halogens is 1. The van der Waals surface area contributed by atoms with Gasteiger partial charge in [0.05, 0.1) is 0 Å². The molecule has 1 atom stereocenters. The van der Waals surface area contributed by atoms with E-state index in [0.29, 0.717) is 5.25 Å². The van der Waals surface area contributed by atoms with E-state index in [4.69, 9.17) is 5.73 Å². The van der Waals surface area contributed by atoms with Gasteiger partial charge < -0.3 is 5.73 Å². The van der Waals surface area contributed by atoms with E-state index in [9.17, 15) is 0 Å². The van der Waals surface area contributed by atoms with Crippen LogP contribution in [0.25, 0.3) is 0 Å². The Bertz CT molecular complexity index is 333. The van der Waals surface area contributed by atoms with Crippen LogP contribution in [0.4, 0.5) is 0 Å². The van der Waals surface area contributed by atoms with Gasteiger partial charge in [-0.15, -0.1) is 11.8 Å². The van der Waals surface area contributed by atoms with Gasteiger partial charge in [-0.25, -0.2) is 0 Å². The second-order valence-electron chi connectivity index (χ2n) is 4.67. The van der Waals surface area contributed by atoms with E-state index in [-0.39, 0.29) is 0 Å². The van der Waals surface area contributed by atoms with Crippen LogP contribution in [0, 0.1) is 0 Å². The van der Waals surface area contributed by atoms with E-state index in [1.54, 1.807) is 0 Å². The molecule has 1 saturated carbocycles. The number of benzene rings is 1. The highest BCUT2D eigenvalue weighted by atomic mass is 79.9. The highest BCUT2D eigenvalue weighted by molar-refractivity contribution is 9.10. The quantitative estimate of drug-likeness (QED) is 0.884. The molecule has 2 rings (SSSR count). The Morgan fingerprint density at radius 2 is 1.82 bits per heavy atom. The predicted octanol–water partition coefficient (Wildman–Crippen LogP) is 4.51. The zero-order chi connectivity index (χ0) is 12.1. The Balaban J connectivity index is 1.97. The summed E-state index contributed by atoms with van der Waals surface area (Å²) >= 11 is 5.56. The molecule has 1 aromatic rings. The molecule has 1 aliphatic carbocycles. The topological polar surface area (TPSA) is 26.0 Å². The number of nitrogens with two attached hydrogens (primary N) is 1. The summed E-state index contributed by atoms with van der Waals surface area (Å²) in [7, 11) is 0. The molecule has 17 heavy (non-hydrogen) atoms. The van der Waals surface area contributed by atoms with Gasteiger partial charge in [-0.05, 0) is 30.5 Å². The van der Waals surface area contributed by atoms with Gasteiger partial charge in [0.2, 0.25) is 0 Å². The van der Waals surface area contributed by atoms with Crippen LogP contribution in [-0.4, -0.2) is 11.8 Å². The van der Waals surface area contributed by atoms with E-state index in [1.807, 2.05) is 0 Å². The third-order valence-electron chi connectivity index (χ3n) is 3.36. The molecule has 1 aliphatic rings. The summed E-state index contributed by atoms with van der Waals surface area (Å²) in [5.74, 6) is 0. The molecule has 94 valence electrons. The first kappa shape index (κ1) is 13.4. The molecule has 0 radical (unpaired) electrons. The number of hydrogen-bond acceptors (Lipinski definition) is 2. The molecule has 0 saturated heterocycles. The van der Waals surface area contributed by atoms with Gasteiger partial charge in [-0.3, -0.25) is 0 Å². The molecule has 1 fully saturated rings. The first-order valence-corrected chi connectivity index (χ1v) is 8.14. The van der Waals surface area contributed by atoms with Gasteiger partial charge in [0.15, 0.2) is 0 Å². The zero-order valence-electron chi connectivity index (χ0n) is 10.1. The molecular formula is C14H20BrNS. The fourth-order valence-corrected chi connectivity index (χ4v) is 4.14. The van der Waals surface area contributed by atoms with E-state index in [0.717, 1.165) is 16.3 Å². The molecule has 0 bridgehead atoms. The fraction of sp³-hybridized carbons (Fsp3) is 0.571. The minimum atomic E-state index is 0.464. The van der Waals surface area contributed by atoms with Crippen molar-refractivity contribution in [2.45, 2.75) is 42.6 Å². The molecule has 0 spiro atoms. The highest BCUT2D eigenvalue weighted by Gasteiger charge is 2.19. The number of thioether (sulfide) groups is 1. The molecule has 0 aromatic heterocycles.